The van der Waals surface area contributed by atoms with E-state index in [1.807, 2.05) is 25.1 Å². The number of imide groups is 1. The zero-order chi connectivity index (χ0) is 16.9. The smallest absolute Gasteiger partial charge is 0.322 e. The van der Waals surface area contributed by atoms with Gasteiger partial charge in [-0.25, -0.2) is 4.79 Å². The number of nitrogens with one attached hydrogen (secondary N) is 3. The number of hydrogen-bond acceptors (Lipinski definition) is 3. The summed E-state index contributed by atoms with van der Waals surface area (Å²) in [5.41, 5.74) is -0.414. The van der Waals surface area contributed by atoms with Gasteiger partial charge in [0.05, 0.1) is 0 Å². The number of urea groups is 1. The van der Waals surface area contributed by atoms with Gasteiger partial charge in [-0.15, -0.1) is 0 Å². The standard InChI is InChI=1S/C18H25N3O2/c1-5-16(3)11-18(14(22)19-15(23)20-18)12(2)17(4,21-16)13-9-7-6-8-10-13/h6-10,12,21H,5,11H2,1-4H3,(H2,19,20,22,23). The van der Waals surface area contributed by atoms with Crippen LogP contribution in [0.15, 0.2) is 30.3 Å². The van der Waals surface area contributed by atoms with E-state index in [1.165, 1.54) is 0 Å². The van der Waals surface area contributed by atoms with Gasteiger partial charge in [-0.3, -0.25) is 10.1 Å². The predicted octanol–water partition coefficient (Wildman–Crippen LogP) is 2.28. The molecule has 0 bridgehead atoms. The van der Waals surface area contributed by atoms with Gasteiger partial charge in [-0.1, -0.05) is 44.2 Å². The number of benzene rings is 1. The van der Waals surface area contributed by atoms with Crippen molar-refractivity contribution in [3.63, 3.8) is 0 Å². The molecule has 23 heavy (non-hydrogen) atoms. The van der Waals surface area contributed by atoms with E-state index in [2.05, 4.69) is 48.9 Å². The van der Waals surface area contributed by atoms with Crippen LogP contribution in [-0.2, 0) is 10.3 Å². The summed E-state index contributed by atoms with van der Waals surface area (Å²) in [7, 11) is 0. The summed E-state index contributed by atoms with van der Waals surface area (Å²) in [5.74, 6) is -0.304. The quantitative estimate of drug-likeness (QED) is 0.733. The maximum atomic E-state index is 12.7. The van der Waals surface area contributed by atoms with Crippen molar-refractivity contribution in [1.82, 2.24) is 16.0 Å². The summed E-state index contributed by atoms with van der Waals surface area (Å²) in [6, 6.07) is 9.76. The fourth-order valence-corrected chi connectivity index (χ4v) is 4.30. The molecule has 124 valence electrons. The second kappa shape index (κ2) is 5.06. The molecule has 2 fully saturated rings. The third kappa shape index (κ3) is 2.26. The molecular formula is C18H25N3O2. The first-order valence-electron chi connectivity index (χ1n) is 8.24. The number of hydrogen-bond donors (Lipinski definition) is 3. The van der Waals surface area contributed by atoms with E-state index in [9.17, 15) is 9.59 Å². The summed E-state index contributed by atoms with van der Waals surface area (Å²) >= 11 is 0. The fraction of sp³-hybridized carbons (Fsp3) is 0.556. The first-order valence-corrected chi connectivity index (χ1v) is 8.24. The SMILES string of the molecule is CCC1(C)CC2(NC(=O)NC2=O)C(C)C(C)(c2ccccc2)N1. The number of piperidine rings is 1. The lowest BCUT2D eigenvalue weighted by Gasteiger charge is -2.57. The molecule has 0 aromatic heterocycles. The zero-order valence-electron chi connectivity index (χ0n) is 14.2. The molecule has 5 nitrogen and oxygen atoms in total. The lowest BCUT2D eigenvalue weighted by molar-refractivity contribution is -0.131. The molecule has 1 aromatic rings. The first kappa shape index (κ1) is 16.0. The summed E-state index contributed by atoms with van der Waals surface area (Å²) in [6.45, 7) is 8.40. The molecule has 5 heteroatoms. The zero-order valence-corrected chi connectivity index (χ0v) is 14.2. The van der Waals surface area contributed by atoms with Crippen molar-refractivity contribution in [2.45, 2.75) is 57.2 Å². The van der Waals surface area contributed by atoms with Gasteiger partial charge < -0.3 is 10.6 Å². The van der Waals surface area contributed by atoms with Crippen molar-refractivity contribution >= 4 is 11.9 Å². The van der Waals surface area contributed by atoms with E-state index in [1.54, 1.807) is 0 Å². The molecule has 2 saturated heterocycles. The maximum Gasteiger partial charge on any atom is 0.322 e. The van der Waals surface area contributed by atoms with Gasteiger partial charge in [-0.05, 0) is 32.3 Å². The van der Waals surface area contributed by atoms with Crippen LogP contribution in [0, 0.1) is 5.92 Å². The van der Waals surface area contributed by atoms with E-state index >= 15 is 0 Å². The molecule has 2 aliphatic rings. The van der Waals surface area contributed by atoms with Gasteiger partial charge in [0, 0.05) is 17.0 Å². The summed E-state index contributed by atoms with van der Waals surface area (Å²) < 4.78 is 0. The Hall–Kier alpha value is -1.88. The molecule has 0 saturated carbocycles. The molecule has 0 radical (unpaired) electrons. The average Bonchev–Trinajstić information content (AvgIpc) is 2.80. The van der Waals surface area contributed by atoms with Gasteiger partial charge in [0.2, 0.25) is 0 Å². The number of carbonyl (C=O) groups is 2. The molecule has 3 rings (SSSR count). The van der Waals surface area contributed by atoms with Crippen molar-refractivity contribution in [2.24, 2.45) is 5.92 Å². The average molecular weight is 315 g/mol. The van der Waals surface area contributed by atoms with E-state index in [4.69, 9.17) is 0 Å². The molecule has 1 aromatic carbocycles. The Morgan fingerprint density at radius 1 is 1.17 bits per heavy atom. The Balaban J connectivity index is 2.14. The summed E-state index contributed by atoms with van der Waals surface area (Å²) in [4.78, 5) is 24.5. The van der Waals surface area contributed by atoms with Crippen molar-refractivity contribution < 1.29 is 9.59 Å². The second-order valence-corrected chi connectivity index (χ2v) is 7.39. The van der Waals surface area contributed by atoms with E-state index in [0.29, 0.717) is 6.42 Å². The van der Waals surface area contributed by atoms with Crippen molar-refractivity contribution in [3.05, 3.63) is 35.9 Å². The van der Waals surface area contributed by atoms with Crippen molar-refractivity contribution in [2.75, 3.05) is 0 Å². The molecule has 2 aliphatic heterocycles. The van der Waals surface area contributed by atoms with Gasteiger partial charge in [-0.2, -0.15) is 0 Å². The Kier molecular flexibility index (Phi) is 3.52. The van der Waals surface area contributed by atoms with Gasteiger partial charge in [0.25, 0.3) is 5.91 Å². The second-order valence-electron chi connectivity index (χ2n) is 7.39. The van der Waals surface area contributed by atoms with Crippen molar-refractivity contribution in [3.8, 4) is 0 Å². The number of rotatable bonds is 2. The predicted molar refractivity (Wildman–Crippen MR) is 88.8 cm³/mol. The third-order valence-corrected chi connectivity index (χ3v) is 5.96. The van der Waals surface area contributed by atoms with Crippen LogP contribution >= 0.6 is 0 Å². The van der Waals surface area contributed by atoms with E-state index in [-0.39, 0.29) is 17.4 Å². The molecule has 3 amide bonds. The maximum absolute atomic E-state index is 12.7. The van der Waals surface area contributed by atoms with Gasteiger partial charge >= 0.3 is 6.03 Å². The van der Waals surface area contributed by atoms with E-state index in [0.717, 1.165) is 12.0 Å². The topological polar surface area (TPSA) is 70.2 Å². The molecule has 2 heterocycles. The Morgan fingerprint density at radius 2 is 1.83 bits per heavy atom. The van der Waals surface area contributed by atoms with Gasteiger partial charge in [0.15, 0.2) is 0 Å². The number of carbonyl (C=O) groups excluding carboxylic acids is 2. The highest BCUT2D eigenvalue weighted by Gasteiger charge is 2.62. The van der Waals surface area contributed by atoms with Crippen LogP contribution in [0.25, 0.3) is 0 Å². The molecule has 3 N–H and O–H groups in total. The monoisotopic (exact) mass is 315 g/mol. The minimum absolute atomic E-state index is 0.0940. The Labute approximate surface area is 137 Å². The third-order valence-electron chi connectivity index (χ3n) is 5.96. The lowest BCUT2D eigenvalue weighted by Crippen LogP contribution is -2.73. The highest BCUT2D eigenvalue weighted by molar-refractivity contribution is 6.07. The molecule has 4 atom stereocenters. The molecule has 4 unspecified atom stereocenters. The lowest BCUT2D eigenvalue weighted by atomic mass is 9.60. The van der Waals surface area contributed by atoms with E-state index < -0.39 is 17.1 Å². The van der Waals surface area contributed by atoms with Crippen LogP contribution in [0.5, 0.6) is 0 Å². The molecule has 1 spiro atoms. The van der Waals surface area contributed by atoms with Crippen LogP contribution < -0.4 is 16.0 Å². The minimum Gasteiger partial charge on any atom is -0.323 e. The highest BCUT2D eigenvalue weighted by Crippen LogP contribution is 2.47. The largest absolute Gasteiger partial charge is 0.323 e. The Morgan fingerprint density at radius 3 is 2.35 bits per heavy atom. The highest BCUT2D eigenvalue weighted by atomic mass is 16.2. The van der Waals surface area contributed by atoms with Gasteiger partial charge in [0.1, 0.15) is 5.54 Å². The fourth-order valence-electron chi connectivity index (χ4n) is 4.30. The summed E-state index contributed by atoms with van der Waals surface area (Å²) in [6.07, 6.45) is 1.45. The summed E-state index contributed by atoms with van der Waals surface area (Å²) in [5, 5.41) is 9.16. The minimum atomic E-state index is -0.877. The van der Waals surface area contributed by atoms with Crippen LogP contribution in [0.1, 0.15) is 46.1 Å². The van der Waals surface area contributed by atoms with Crippen LogP contribution in [0.4, 0.5) is 4.79 Å². The normalized spacial score (nSPS) is 40.1. The van der Waals surface area contributed by atoms with Crippen LogP contribution in [0.3, 0.4) is 0 Å². The molecular weight excluding hydrogens is 290 g/mol. The number of amides is 3. The first-order chi connectivity index (χ1) is 10.8. The van der Waals surface area contributed by atoms with Crippen molar-refractivity contribution in [1.29, 1.82) is 0 Å². The molecule has 0 aliphatic carbocycles. The Bertz CT molecular complexity index is 647. The van der Waals surface area contributed by atoms with Crippen LogP contribution in [-0.4, -0.2) is 23.0 Å². The van der Waals surface area contributed by atoms with Crippen LogP contribution in [0.2, 0.25) is 0 Å².